The van der Waals surface area contributed by atoms with Crippen LogP contribution in [0, 0.1) is 5.41 Å². The summed E-state index contributed by atoms with van der Waals surface area (Å²) in [6.45, 7) is 8.23. The number of hydrogen-bond donors (Lipinski definition) is 1. The number of carbonyl (C=O) groups is 2. The predicted molar refractivity (Wildman–Crippen MR) is 112 cm³/mol. The molecule has 0 bridgehead atoms. The van der Waals surface area contributed by atoms with E-state index in [9.17, 15) is 9.59 Å². The molecule has 27 heavy (non-hydrogen) atoms. The molecule has 0 unspecified atom stereocenters. The van der Waals surface area contributed by atoms with E-state index in [2.05, 4.69) is 11.9 Å². The molecular formula is C21H28N2O3S. The number of rotatable bonds is 6. The lowest BCUT2D eigenvalue weighted by atomic mass is 9.93. The zero-order valence-corrected chi connectivity index (χ0v) is 16.9. The number of nitrogens with one attached hydrogen (secondary N) is 1. The van der Waals surface area contributed by atoms with Gasteiger partial charge in [0.2, 0.25) is 11.8 Å². The van der Waals surface area contributed by atoms with E-state index in [0.717, 1.165) is 0 Å². The van der Waals surface area contributed by atoms with Crippen LogP contribution in [0.2, 0.25) is 0 Å². The van der Waals surface area contributed by atoms with Gasteiger partial charge in [-0.15, -0.1) is 18.3 Å². The third-order valence-electron chi connectivity index (χ3n) is 5.01. The van der Waals surface area contributed by atoms with Gasteiger partial charge in [-0.05, 0) is 44.9 Å². The number of carbonyl (C=O) groups excluding carboxylic acids is 2. The number of amides is 2. The Balaban J connectivity index is 1.74. The summed E-state index contributed by atoms with van der Waals surface area (Å²) in [6, 6.07) is 5.46. The second-order valence-electron chi connectivity index (χ2n) is 7.83. The summed E-state index contributed by atoms with van der Waals surface area (Å²) in [5.74, 6) is 1.08. The first-order valence-electron chi connectivity index (χ1n) is 9.52. The van der Waals surface area contributed by atoms with Crippen LogP contribution >= 0.6 is 11.8 Å². The number of ether oxygens (including phenoxy) is 1. The normalized spacial score (nSPS) is 19.2. The lowest BCUT2D eigenvalue weighted by Gasteiger charge is -2.27. The van der Waals surface area contributed by atoms with E-state index in [0.29, 0.717) is 41.3 Å². The molecule has 6 heteroatoms. The standard InChI is InChI=1S/C21H28N2O3S/c1-4-11-23-17-12-15(22-19(24)13-27-16-7-5-6-8-16)9-10-18(17)26-14-21(2,3)20(23)25/h4,9-10,12,16H,1,5-8,11,13-14H2,2-3H3,(H,22,24). The zero-order valence-electron chi connectivity index (χ0n) is 16.1. The Morgan fingerprint density at radius 3 is 2.85 bits per heavy atom. The van der Waals surface area contributed by atoms with Gasteiger partial charge < -0.3 is 15.0 Å². The van der Waals surface area contributed by atoms with E-state index in [1.807, 2.05) is 32.0 Å². The van der Waals surface area contributed by atoms with Gasteiger partial charge in [-0.1, -0.05) is 18.9 Å². The largest absolute Gasteiger partial charge is 0.490 e. The van der Waals surface area contributed by atoms with Crippen LogP contribution in [0.4, 0.5) is 11.4 Å². The molecule has 1 heterocycles. The second-order valence-corrected chi connectivity index (χ2v) is 9.11. The first-order valence-corrected chi connectivity index (χ1v) is 10.6. The van der Waals surface area contributed by atoms with Crippen LogP contribution in [0.1, 0.15) is 39.5 Å². The molecule has 0 radical (unpaired) electrons. The molecule has 0 saturated heterocycles. The third-order valence-corrected chi connectivity index (χ3v) is 6.38. The molecule has 3 rings (SSSR count). The van der Waals surface area contributed by atoms with Gasteiger partial charge in [-0.2, -0.15) is 0 Å². The van der Waals surface area contributed by atoms with Gasteiger partial charge in [-0.25, -0.2) is 0 Å². The Bertz CT molecular complexity index is 726. The Kier molecular flexibility index (Phi) is 6.15. The molecule has 1 aromatic rings. The minimum atomic E-state index is -0.622. The highest BCUT2D eigenvalue weighted by Gasteiger charge is 2.37. The Morgan fingerprint density at radius 1 is 1.41 bits per heavy atom. The lowest BCUT2D eigenvalue weighted by molar-refractivity contribution is -0.127. The molecule has 0 spiro atoms. The van der Waals surface area contributed by atoms with Gasteiger partial charge in [0.15, 0.2) is 0 Å². The maximum Gasteiger partial charge on any atom is 0.236 e. The van der Waals surface area contributed by atoms with E-state index in [4.69, 9.17) is 4.74 Å². The van der Waals surface area contributed by atoms with Crippen LogP contribution in [0.5, 0.6) is 5.75 Å². The summed E-state index contributed by atoms with van der Waals surface area (Å²) in [7, 11) is 0. The van der Waals surface area contributed by atoms with E-state index < -0.39 is 5.41 Å². The number of anilines is 2. The molecule has 5 nitrogen and oxygen atoms in total. The van der Waals surface area contributed by atoms with Crippen LogP contribution in [0.25, 0.3) is 0 Å². The van der Waals surface area contributed by atoms with E-state index in [1.54, 1.807) is 22.7 Å². The Morgan fingerprint density at radius 2 is 2.15 bits per heavy atom. The van der Waals surface area contributed by atoms with Crippen molar-refractivity contribution in [2.75, 3.05) is 29.1 Å². The summed E-state index contributed by atoms with van der Waals surface area (Å²) in [6.07, 6.45) is 6.67. The molecule has 0 aromatic heterocycles. The minimum absolute atomic E-state index is 0.0108. The molecule has 2 amide bonds. The summed E-state index contributed by atoms with van der Waals surface area (Å²) in [4.78, 5) is 26.9. The fraction of sp³-hybridized carbons (Fsp3) is 0.524. The van der Waals surface area contributed by atoms with Crippen molar-refractivity contribution in [1.29, 1.82) is 0 Å². The molecule has 1 N–H and O–H groups in total. The van der Waals surface area contributed by atoms with Crippen molar-refractivity contribution in [3.8, 4) is 5.75 Å². The number of benzene rings is 1. The van der Waals surface area contributed by atoms with Crippen molar-refractivity contribution in [1.82, 2.24) is 0 Å². The zero-order chi connectivity index (χ0) is 19.4. The van der Waals surface area contributed by atoms with Gasteiger partial charge in [0.1, 0.15) is 12.4 Å². The molecule has 0 atom stereocenters. The molecule has 2 aliphatic rings. The smallest absolute Gasteiger partial charge is 0.236 e. The number of hydrogen-bond acceptors (Lipinski definition) is 4. The monoisotopic (exact) mass is 388 g/mol. The lowest BCUT2D eigenvalue weighted by Crippen LogP contribution is -2.42. The van der Waals surface area contributed by atoms with Crippen LogP contribution in [-0.2, 0) is 9.59 Å². The second kappa shape index (κ2) is 8.38. The van der Waals surface area contributed by atoms with Crippen molar-refractivity contribution < 1.29 is 14.3 Å². The Labute approximate surface area is 165 Å². The van der Waals surface area contributed by atoms with Crippen molar-refractivity contribution in [2.45, 2.75) is 44.8 Å². The fourth-order valence-electron chi connectivity index (χ4n) is 3.48. The summed E-state index contributed by atoms with van der Waals surface area (Å²) in [5, 5.41) is 3.57. The first-order chi connectivity index (χ1) is 12.9. The van der Waals surface area contributed by atoms with Gasteiger partial charge in [0.05, 0.1) is 16.9 Å². The molecule has 1 fully saturated rings. The SMILES string of the molecule is C=CCN1C(=O)C(C)(C)COc2ccc(NC(=O)CSC3CCCC3)cc21. The molecule has 1 aliphatic carbocycles. The highest BCUT2D eigenvalue weighted by molar-refractivity contribution is 8.00. The van der Waals surface area contributed by atoms with Crippen LogP contribution in [0.15, 0.2) is 30.9 Å². The van der Waals surface area contributed by atoms with Crippen molar-refractivity contribution in [2.24, 2.45) is 5.41 Å². The average Bonchev–Trinajstić information content (AvgIpc) is 3.13. The predicted octanol–water partition coefficient (Wildman–Crippen LogP) is 4.24. The molecular weight excluding hydrogens is 360 g/mol. The van der Waals surface area contributed by atoms with Crippen LogP contribution in [-0.4, -0.2) is 36.0 Å². The average molecular weight is 389 g/mol. The highest BCUT2D eigenvalue weighted by atomic mass is 32.2. The van der Waals surface area contributed by atoms with E-state index in [-0.39, 0.29) is 11.8 Å². The molecule has 1 aliphatic heterocycles. The Hall–Kier alpha value is -1.95. The topological polar surface area (TPSA) is 58.6 Å². The molecule has 1 saturated carbocycles. The van der Waals surface area contributed by atoms with E-state index >= 15 is 0 Å². The number of thioether (sulfide) groups is 1. The number of nitrogens with zero attached hydrogens (tertiary/aromatic N) is 1. The minimum Gasteiger partial charge on any atom is -0.490 e. The quantitative estimate of drug-likeness (QED) is 0.741. The summed E-state index contributed by atoms with van der Waals surface area (Å²) in [5.41, 5.74) is 0.728. The van der Waals surface area contributed by atoms with Crippen LogP contribution < -0.4 is 15.0 Å². The maximum absolute atomic E-state index is 12.9. The van der Waals surface area contributed by atoms with Crippen LogP contribution in [0.3, 0.4) is 0 Å². The third kappa shape index (κ3) is 4.67. The fourth-order valence-corrected chi connectivity index (χ4v) is 4.60. The van der Waals surface area contributed by atoms with Crippen molar-refractivity contribution >= 4 is 35.0 Å². The number of fused-ring (bicyclic) bond motifs is 1. The van der Waals surface area contributed by atoms with Gasteiger partial charge in [0, 0.05) is 17.5 Å². The first kappa shape index (κ1) is 19.8. The highest BCUT2D eigenvalue weighted by Crippen LogP contribution is 2.38. The van der Waals surface area contributed by atoms with Gasteiger partial charge >= 0.3 is 0 Å². The van der Waals surface area contributed by atoms with Gasteiger partial charge in [-0.3, -0.25) is 9.59 Å². The van der Waals surface area contributed by atoms with Gasteiger partial charge in [0.25, 0.3) is 0 Å². The molecule has 1 aromatic carbocycles. The summed E-state index contributed by atoms with van der Waals surface area (Å²) >= 11 is 1.74. The maximum atomic E-state index is 12.9. The van der Waals surface area contributed by atoms with Crippen molar-refractivity contribution in [3.05, 3.63) is 30.9 Å². The van der Waals surface area contributed by atoms with Crippen molar-refractivity contribution in [3.63, 3.8) is 0 Å². The van der Waals surface area contributed by atoms with E-state index in [1.165, 1.54) is 25.7 Å². The molecule has 146 valence electrons. The summed E-state index contributed by atoms with van der Waals surface area (Å²) < 4.78 is 5.87.